The van der Waals surface area contributed by atoms with Crippen LogP contribution in [0.25, 0.3) is 0 Å². The summed E-state index contributed by atoms with van der Waals surface area (Å²) in [4.78, 5) is 0. The van der Waals surface area contributed by atoms with Crippen molar-refractivity contribution < 1.29 is 11.7 Å². The molecular weight excluding hydrogens is 976 g/mol. The molecule has 5 heteroatoms. The number of hydrogen-bond acceptors (Lipinski definition) is 0. The Morgan fingerprint density at radius 1 is 0.186 bits per heavy atom. The molecule has 0 saturated heterocycles. The van der Waals surface area contributed by atoms with E-state index in [0.29, 0.717) is 0 Å². The third-order valence-corrected chi connectivity index (χ3v) is 98.3. The molecule has 9 aromatic carbocycles. The second-order valence-electron chi connectivity index (χ2n) is 14.5. The van der Waals surface area contributed by atoms with Gasteiger partial charge >= 0.3 is 367 Å². The van der Waals surface area contributed by atoms with Gasteiger partial charge in [0.1, 0.15) is 0 Å². The van der Waals surface area contributed by atoms with E-state index in [-0.39, 0.29) is 0 Å². The SMILES string of the molecule is [I][Ag]([PH](c1ccccc1)(c1ccccc1)c1ccccc1)([PH](c1ccccc1)(c1ccccc1)c1ccccc1)[PH](c1ccccc1)(c1ccccc1)c1ccccc1. The van der Waals surface area contributed by atoms with Gasteiger partial charge in [-0.2, -0.15) is 0 Å². The standard InChI is InChI=1S/3C18H15P.Ag.HI/c3*1-4-10-16(11-5-1)19(17-12-6-2-7-13-17)18-14-8-3-9-15-18;;/h3*1-15H;;1H/q;;;-2;/p+2. The van der Waals surface area contributed by atoms with Crippen LogP contribution in [0.1, 0.15) is 0 Å². The van der Waals surface area contributed by atoms with Crippen molar-refractivity contribution in [3.63, 3.8) is 0 Å². The van der Waals surface area contributed by atoms with Crippen LogP contribution < -0.4 is 47.7 Å². The van der Waals surface area contributed by atoms with Gasteiger partial charge in [-0.05, 0) is 0 Å². The van der Waals surface area contributed by atoms with Gasteiger partial charge in [0.25, 0.3) is 0 Å². The monoisotopic (exact) mass is 1020 g/mol. The van der Waals surface area contributed by atoms with Crippen LogP contribution >= 0.6 is 34.5 Å². The first-order valence-electron chi connectivity index (χ1n) is 20.0. The maximum atomic E-state index is 3.38. The molecular formula is C54H48AgIP3. The van der Waals surface area contributed by atoms with Gasteiger partial charge in [0.2, 0.25) is 0 Å². The third kappa shape index (κ3) is 6.50. The summed E-state index contributed by atoms with van der Waals surface area (Å²) in [5.74, 6) is 0. The molecule has 0 aliphatic rings. The summed E-state index contributed by atoms with van der Waals surface area (Å²) in [6.07, 6.45) is 0. The molecule has 0 aliphatic heterocycles. The van der Waals surface area contributed by atoms with Crippen molar-refractivity contribution in [1.82, 2.24) is 0 Å². The summed E-state index contributed by atoms with van der Waals surface area (Å²) < 4.78 is 0. The van der Waals surface area contributed by atoms with Crippen LogP contribution in [0.3, 0.4) is 0 Å². The summed E-state index contributed by atoms with van der Waals surface area (Å²) in [6, 6.07) is 107. The first-order valence-corrected chi connectivity index (χ1v) is 36.5. The number of hydrogen-bond donors (Lipinski definition) is 0. The molecule has 0 nitrogen and oxygen atoms in total. The van der Waals surface area contributed by atoms with Crippen molar-refractivity contribution in [3.8, 4) is 0 Å². The Bertz CT molecular complexity index is 2100. The van der Waals surface area contributed by atoms with E-state index >= 15 is 0 Å². The molecule has 9 rings (SSSR count). The Hall–Kier alpha value is -4.26. The minimum absolute atomic E-state index is 1.47. The zero-order valence-electron chi connectivity index (χ0n) is 32.7. The van der Waals surface area contributed by atoms with E-state index in [1.54, 1.807) is 0 Å². The first-order chi connectivity index (χ1) is 29.2. The van der Waals surface area contributed by atoms with Crippen molar-refractivity contribution in [1.29, 1.82) is 0 Å². The van der Waals surface area contributed by atoms with Gasteiger partial charge in [0.15, 0.2) is 0 Å². The van der Waals surface area contributed by atoms with Crippen molar-refractivity contribution in [2.75, 3.05) is 0 Å². The molecule has 0 N–H and O–H groups in total. The predicted molar refractivity (Wildman–Crippen MR) is 274 cm³/mol. The van der Waals surface area contributed by atoms with Gasteiger partial charge < -0.3 is 0 Å². The fraction of sp³-hybridized carbons (Fsp3) is 0. The van der Waals surface area contributed by atoms with Gasteiger partial charge in [0.05, 0.1) is 0 Å². The average Bonchev–Trinajstić information content (AvgIpc) is 3.33. The summed E-state index contributed by atoms with van der Waals surface area (Å²) in [6.45, 7) is 0. The van der Waals surface area contributed by atoms with Crippen molar-refractivity contribution in [2.45, 2.75) is 0 Å². The Kier molecular flexibility index (Phi) is 12.1. The summed E-state index contributed by atoms with van der Waals surface area (Å²) in [5, 5.41) is 3.35. The van der Waals surface area contributed by atoms with Crippen LogP contribution in [0.15, 0.2) is 273 Å². The molecule has 0 aliphatic carbocycles. The van der Waals surface area contributed by atoms with Gasteiger partial charge in [-0.15, -0.1) is 0 Å². The summed E-state index contributed by atoms with van der Waals surface area (Å²) in [5.41, 5.74) is 0. The fourth-order valence-electron chi connectivity index (χ4n) is 8.98. The van der Waals surface area contributed by atoms with Crippen LogP contribution in [0.4, 0.5) is 0 Å². The van der Waals surface area contributed by atoms with E-state index in [1.807, 2.05) is 0 Å². The molecule has 9 aromatic rings. The van der Waals surface area contributed by atoms with Gasteiger partial charge in [-0.25, -0.2) is 0 Å². The molecule has 0 radical (unpaired) electrons. The maximum absolute atomic E-state index is 3.39. The quantitative estimate of drug-likeness (QED) is 0.0650. The Morgan fingerprint density at radius 2 is 0.288 bits per heavy atom. The third-order valence-electron chi connectivity index (χ3n) is 11.3. The molecule has 0 spiro atoms. The van der Waals surface area contributed by atoms with Crippen LogP contribution in [-0.2, 0) is 11.7 Å². The summed E-state index contributed by atoms with van der Waals surface area (Å²) in [7, 11) is 0. The van der Waals surface area contributed by atoms with Gasteiger partial charge in [-0.3, -0.25) is 0 Å². The average molecular weight is 1020 g/mol. The predicted octanol–water partition coefficient (Wildman–Crippen LogP) is 10.4. The molecule has 297 valence electrons. The van der Waals surface area contributed by atoms with Crippen molar-refractivity contribution >= 4 is 82.2 Å². The van der Waals surface area contributed by atoms with Crippen molar-refractivity contribution in [2.24, 2.45) is 0 Å². The van der Waals surface area contributed by atoms with Gasteiger partial charge in [-0.1, -0.05) is 0 Å². The fourth-order valence-corrected chi connectivity index (χ4v) is 127. The molecule has 0 fully saturated rings. The zero-order chi connectivity index (χ0) is 40.0. The van der Waals surface area contributed by atoms with Crippen LogP contribution in [-0.4, -0.2) is 0 Å². The normalized spacial score (nSPS) is 14.3. The van der Waals surface area contributed by atoms with E-state index in [1.165, 1.54) is 47.7 Å². The molecule has 0 saturated carbocycles. The molecule has 0 heterocycles. The van der Waals surface area contributed by atoms with E-state index in [0.717, 1.165) is 0 Å². The molecule has 0 aromatic heterocycles. The topological polar surface area (TPSA) is 0 Å². The Balaban J connectivity index is 1.71. The summed E-state index contributed by atoms with van der Waals surface area (Å²) >= 11 is -0.0158. The molecule has 59 heavy (non-hydrogen) atoms. The molecule has 0 amide bonds. The van der Waals surface area contributed by atoms with E-state index < -0.39 is 27.2 Å². The zero-order valence-corrected chi connectivity index (χ0v) is 39.3. The van der Waals surface area contributed by atoms with Crippen LogP contribution in [0.2, 0.25) is 0 Å². The first kappa shape index (κ1) is 40.2. The minimum atomic E-state index is -3.39. The van der Waals surface area contributed by atoms with E-state index in [9.17, 15) is 0 Å². The van der Waals surface area contributed by atoms with Crippen molar-refractivity contribution in [3.05, 3.63) is 273 Å². The van der Waals surface area contributed by atoms with E-state index in [4.69, 9.17) is 0 Å². The molecule has 0 bridgehead atoms. The number of benzene rings is 9. The number of halogens is 1. The molecule has 0 unspecified atom stereocenters. The van der Waals surface area contributed by atoms with Crippen LogP contribution in [0.5, 0.6) is 0 Å². The van der Waals surface area contributed by atoms with Gasteiger partial charge in [0, 0.05) is 0 Å². The second-order valence-corrected chi connectivity index (χ2v) is 65.3. The number of rotatable bonds is 12. The van der Waals surface area contributed by atoms with Crippen LogP contribution in [0, 0.1) is 0 Å². The molecule has 0 atom stereocenters. The Morgan fingerprint density at radius 3 is 0.390 bits per heavy atom. The second kappa shape index (κ2) is 17.8. The van der Waals surface area contributed by atoms with E-state index in [2.05, 4.69) is 292 Å². The Labute approximate surface area is 363 Å².